The quantitative estimate of drug-likeness (QED) is 0.447. The minimum Gasteiger partial charge on any atom is -0.444 e. The van der Waals surface area contributed by atoms with Gasteiger partial charge in [-0.3, -0.25) is 9.59 Å². The summed E-state index contributed by atoms with van der Waals surface area (Å²) in [6.45, 7) is 11.5. The van der Waals surface area contributed by atoms with Gasteiger partial charge >= 0.3 is 6.09 Å². The van der Waals surface area contributed by atoms with Crippen LogP contribution in [0.2, 0.25) is 0 Å². The number of aliphatic hydroxyl groups excluding tert-OH is 1. The third-order valence-electron chi connectivity index (χ3n) is 5.09. The fraction of sp³-hybridized carbons (Fsp3) is 0.600. The Hall–Kier alpha value is -3.12. The highest BCUT2D eigenvalue weighted by Crippen LogP contribution is 2.26. The lowest BCUT2D eigenvalue weighted by Crippen LogP contribution is -2.55. The maximum Gasteiger partial charge on any atom is 0.408 e. The number of amides is 3. The molecule has 0 aliphatic carbocycles. The number of carbonyl (C=O) groups is 3. The van der Waals surface area contributed by atoms with Gasteiger partial charge in [0.2, 0.25) is 11.8 Å². The number of benzene rings is 1. The average molecular weight is 475 g/mol. The predicted molar refractivity (Wildman–Crippen MR) is 129 cm³/mol. The smallest absolute Gasteiger partial charge is 0.408 e. The highest BCUT2D eigenvalue weighted by Gasteiger charge is 2.37. The van der Waals surface area contributed by atoms with Gasteiger partial charge in [-0.05, 0) is 59.1 Å². The zero-order valence-electron chi connectivity index (χ0n) is 21.3. The molecule has 0 saturated heterocycles. The second-order valence-corrected chi connectivity index (χ2v) is 9.47. The number of aliphatic hydroxyl groups is 1. The van der Waals surface area contributed by atoms with E-state index in [2.05, 4.69) is 10.6 Å². The van der Waals surface area contributed by atoms with Crippen LogP contribution in [0.15, 0.2) is 18.2 Å². The maximum absolute atomic E-state index is 13.4. The van der Waals surface area contributed by atoms with Gasteiger partial charge in [0.25, 0.3) is 0 Å². The van der Waals surface area contributed by atoms with Crippen LogP contribution in [0.3, 0.4) is 0 Å². The van der Waals surface area contributed by atoms with E-state index in [9.17, 15) is 24.8 Å². The molecule has 1 aromatic rings. The number of hydrogen-bond donors (Lipinski definition) is 3. The van der Waals surface area contributed by atoms with E-state index in [1.807, 2.05) is 45.9 Å². The molecule has 0 heterocycles. The van der Waals surface area contributed by atoms with E-state index < -0.39 is 48.7 Å². The number of ether oxygens (including phenoxy) is 1. The molecule has 0 bridgehead atoms. The number of nitrogens with one attached hydrogen (secondary N) is 2. The highest BCUT2D eigenvalue weighted by molar-refractivity contribution is 5.92. The minimum atomic E-state index is -1.39. The first-order valence-electron chi connectivity index (χ1n) is 11.5. The Morgan fingerprint density at radius 3 is 2.35 bits per heavy atom. The number of aryl methyl sites for hydroxylation is 2. The van der Waals surface area contributed by atoms with Gasteiger partial charge < -0.3 is 25.4 Å². The maximum atomic E-state index is 13.4. The summed E-state index contributed by atoms with van der Waals surface area (Å²) in [7, 11) is 0. The first kappa shape index (κ1) is 28.9. The fourth-order valence-electron chi connectivity index (χ4n) is 3.62. The average Bonchev–Trinajstić information content (AvgIpc) is 2.71. The minimum absolute atomic E-state index is 0.140. The second-order valence-electron chi connectivity index (χ2n) is 9.47. The molecule has 0 saturated carbocycles. The van der Waals surface area contributed by atoms with Crippen LogP contribution >= 0.6 is 0 Å². The van der Waals surface area contributed by atoms with Gasteiger partial charge in [-0.1, -0.05) is 37.1 Å². The van der Waals surface area contributed by atoms with Gasteiger partial charge in [-0.2, -0.15) is 5.26 Å². The number of nitriles is 1. The SMILES string of the molecule is CCCC(C)NC(=O)C(c1ccc(C)cc1C)N(CC#N)C(=O)C(CO)NC(=O)OC(C)(C)C. The summed E-state index contributed by atoms with van der Waals surface area (Å²) in [5.74, 6) is -1.20. The van der Waals surface area contributed by atoms with E-state index in [-0.39, 0.29) is 6.04 Å². The van der Waals surface area contributed by atoms with Crippen LogP contribution in [0.4, 0.5) is 4.79 Å². The largest absolute Gasteiger partial charge is 0.444 e. The van der Waals surface area contributed by atoms with Gasteiger partial charge in [0.05, 0.1) is 12.7 Å². The van der Waals surface area contributed by atoms with Crippen molar-refractivity contribution < 1.29 is 24.2 Å². The Morgan fingerprint density at radius 2 is 1.85 bits per heavy atom. The molecular weight excluding hydrogens is 436 g/mol. The molecule has 3 atom stereocenters. The van der Waals surface area contributed by atoms with Crippen LogP contribution in [-0.2, 0) is 14.3 Å². The standard InChI is InChI=1S/C25H38N4O5/c1-8-9-18(4)27-22(31)21(19-11-10-16(2)14-17(19)3)29(13-12-26)23(32)20(15-30)28-24(33)34-25(5,6)7/h10-11,14,18,20-21,30H,8-9,13,15H2,1-7H3,(H,27,31)(H,28,33). The molecule has 0 aromatic heterocycles. The fourth-order valence-corrected chi connectivity index (χ4v) is 3.62. The molecule has 0 fully saturated rings. The van der Waals surface area contributed by atoms with Crippen LogP contribution in [0.5, 0.6) is 0 Å². The number of alkyl carbamates (subject to hydrolysis) is 1. The summed E-state index contributed by atoms with van der Waals surface area (Å²) in [5, 5.41) is 24.6. The molecule has 1 aromatic carbocycles. The molecule has 188 valence electrons. The van der Waals surface area contributed by atoms with Crippen LogP contribution in [0, 0.1) is 25.2 Å². The Morgan fingerprint density at radius 1 is 1.21 bits per heavy atom. The van der Waals surface area contributed by atoms with Crippen molar-refractivity contribution in [1.29, 1.82) is 5.26 Å². The van der Waals surface area contributed by atoms with E-state index in [4.69, 9.17) is 4.74 Å². The molecule has 1 rings (SSSR count). The van der Waals surface area contributed by atoms with Crippen molar-refractivity contribution in [2.24, 2.45) is 0 Å². The van der Waals surface area contributed by atoms with E-state index in [0.29, 0.717) is 5.56 Å². The lowest BCUT2D eigenvalue weighted by molar-refractivity contribution is -0.142. The Bertz CT molecular complexity index is 904. The van der Waals surface area contributed by atoms with Crippen molar-refractivity contribution in [3.63, 3.8) is 0 Å². The summed E-state index contributed by atoms with van der Waals surface area (Å²) < 4.78 is 5.19. The normalized spacial score (nSPS) is 13.7. The number of carbonyl (C=O) groups excluding carboxylic acids is 3. The first-order valence-corrected chi connectivity index (χ1v) is 11.5. The third kappa shape index (κ3) is 8.67. The van der Waals surface area contributed by atoms with Gasteiger partial charge in [0.1, 0.15) is 24.2 Å². The molecular formula is C25H38N4O5. The molecule has 3 unspecified atom stereocenters. The summed E-state index contributed by atoms with van der Waals surface area (Å²) in [5.41, 5.74) is 1.51. The van der Waals surface area contributed by atoms with Crippen molar-refractivity contribution in [3.05, 3.63) is 34.9 Å². The molecule has 3 amide bonds. The lowest BCUT2D eigenvalue weighted by atomic mass is 9.96. The molecule has 0 spiro atoms. The highest BCUT2D eigenvalue weighted by atomic mass is 16.6. The molecule has 0 radical (unpaired) electrons. The van der Waals surface area contributed by atoms with Crippen LogP contribution in [0.1, 0.15) is 70.2 Å². The number of hydrogen-bond acceptors (Lipinski definition) is 6. The van der Waals surface area contributed by atoms with Crippen molar-refractivity contribution in [3.8, 4) is 6.07 Å². The Labute approximate surface area is 202 Å². The molecule has 34 heavy (non-hydrogen) atoms. The van der Waals surface area contributed by atoms with E-state index in [1.165, 1.54) is 0 Å². The monoisotopic (exact) mass is 474 g/mol. The van der Waals surface area contributed by atoms with Crippen molar-refractivity contribution in [2.75, 3.05) is 13.2 Å². The Kier molecular flexibility index (Phi) is 11.0. The van der Waals surface area contributed by atoms with Crippen molar-refractivity contribution in [2.45, 2.75) is 85.0 Å². The zero-order chi connectivity index (χ0) is 26.1. The molecule has 9 heteroatoms. The topological polar surface area (TPSA) is 132 Å². The van der Waals surface area contributed by atoms with Crippen molar-refractivity contribution >= 4 is 17.9 Å². The van der Waals surface area contributed by atoms with Gasteiger partial charge in [-0.25, -0.2) is 4.79 Å². The van der Waals surface area contributed by atoms with Gasteiger partial charge in [0, 0.05) is 6.04 Å². The van der Waals surface area contributed by atoms with Crippen LogP contribution in [-0.4, -0.2) is 58.8 Å². The van der Waals surface area contributed by atoms with Crippen LogP contribution in [0.25, 0.3) is 0 Å². The van der Waals surface area contributed by atoms with E-state index in [1.54, 1.807) is 26.8 Å². The predicted octanol–water partition coefficient (Wildman–Crippen LogP) is 2.89. The second kappa shape index (κ2) is 12.9. The number of rotatable bonds is 10. The van der Waals surface area contributed by atoms with E-state index >= 15 is 0 Å². The summed E-state index contributed by atoms with van der Waals surface area (Å²) in [6.07, 6.45) is 0.723. The molecule has 0 aliphatic rings. The summed E-state index contributed by atoms with van der Waals surface area (Å²) >= 11 is 0. The first-order chi connectivity index (χ1) is 15.8. The van der Waals surface area contributed by atoms with Crippen molar-refractivity contribution in [1.82, 2.24) is 15.5 Å². The molecule has 0 aliphatic heterocycles. The lowest BCUT2D eigenvalue weighted by Gasteiger charge is -2.33. The number of nitrogens with zero attached hydrogens (tertiary/aromatic N) is 2. The summed E-state index contributed by atoms with van der Waals surface area (Å²) in [4.78, 5) is 40.2. The molecule has 9 nitrogen and oxygen atoms in total. The van der Waals surface area contributed by atoms with Gasteiger partial charge in [-0.15, -0.1) is 0 Å². The zero-order valence-corrected chi connectivity index (χ0v) is 21.3. The Balaban J connectivity index is 3.41. The van der Waals surface area contributed by atoms with E-state index in [0.717, 1.165) is 28.9 Å². The van der Waals surface area contributed by atoms with Gasteiger partial charge in [0.15, 0.2) is 0 Å². The summed E-state index contributed by atoms with van der Waals surface area (Å²) in [6, 6.07) is 4.75. The third-order valence-corrected chi connectivity index (χ3v) is 5.09. The molecule has 3 N–H and O–H groups in total. The van der Waals surface area contributed by atoms with Crippen LogP contribution < -0.4 is 10.6 Å².